The molecule has 1 N–H and O–H groups in total. The zero-order valence-corrected chi connectivity index (χ0v) is 16.3. The maximum absolute atomic E-state index is 12.7. The Kier molecular flexibility index (Phi) is 6.66. The number of hydrogen-bond donors (Lipinski definition) is 1. The van der Waals surface area contributed by atoms with Gasteiger partial charge in [-0.15, -0.1) is 0 Å². The highest BCUT2D eigenvalue weighted by atomic mass is 16.5. The zero-order chi connectivity index (χ0) is 19.9. The lowest BCUT2D eigenvalue weighted by Crippen LogP contribution is -2.40. The summed E-state index contributed by atoms with van der Waals surface area (Å²) >= 11 is 0. The van der Waals surface area contributed by atoms with Gasteiger partial charge in [0.15, 0.2) is 0 Å². The van der Waals surface area contributed by atoms with Crippen LogP contribution in [0.15, 0.2) is 48.5 Å². The van der Waals surface area contributed by atoms with Crippen LogP contribution in [0.2, 0.25) is 0 Å². The molecule has 6 heteroatoms. The number of nitrogens with zero attached hydrogens (tertiary/aromatic N) is 1. The van der Waals surface area contributed by atoms with E-state index in [9.17, 15) is 9.59 Å². The lowest BCUT2D eigenvalue weighted by atomic mass is 10.1. The number of carbonyl (C=O) groups is 2. The average Bonchev–Trinajstić information content (AvgIpc) is 2.73. The number of nitrogens with one attached hydrogen (secondary N) is 1. The minimum Gasteiger partial charge on any atom is -0.492 e. The van der Waals surface area contributed by atoms with E-state index >= 15 is 0 Å². The van der Waals surface area contributed by atoms with Gasteiger partial charge in [0.05, 0.1) is 25.4 Å². The Morgan fingerprint density at radius 2 is 1.75 bits per heavy atom. The summed E-state index contributed by atoms with van der Waals surface area (Å²) in [6.45, 7) is 7.00. The molecule has 0 radical (unpaired) electrons. The predicted molar refractivity (Wildman–Crippen MR) is 108 cm³/mol. The molecule has 0 saturated carbocycles. The van der Waals surface area contributed by atoms with Crippen molar-refractivity contribution in [1.29, 1.82) is 0 Å². The van der Waals surface area contributed by atoms with Crippen molar-refractivity contribution in [3.8, 4) is 5.75 Å². The summed E-state index contributed by atoms with van der Waals surface area (Å²) in [6, 6.07) is 14.1. The molecule has 2 amide bonds. The van der Waals surface area contributed by atoms with Gasteiger partial charge in [0.25, 0.3) is 11.8 Å². The molecule has 148 valence electrons. The highest BCUT2D eigenvalue weighted by molar-refractivity contribution is 6.06. The molecule has 0 aliphatic carbocycles. The molecule has 28 heavy (non-hydrogen) atoms. The van der Waals surface area contributed by atoms with E-state index in [0.717, 1.165) is 0 Å². The number of carbonyl (C=O) groups excluding carboxylic acids is 2. The normalized spacial score (nSPS) is 14.0. The van der Waals surface area contributed by atoms with Crippen LogP contribution in [-0.4, -0.2) is 49.6 Å². The Balaban J connectivity index is 1.65. The number of anilines is 1. The summed E-state index contributed by atoms with van der Waals surface area (Å²) in [4.78, 5) is 26.9. The summed E-state index contributed by atoms with van der Waals surface area (Å²) in [6.07, 6.45) is 0. The molecule has 2 aromatic carbocycles. The average molecular weight is 382 g/mol. The Morgan fingerprint density at radius 3 is 2.43 bits per heavy atom. The summed E-state index contributed by atoms with van der Waals surface area (Å²) in [7, 11) is 0. The van der Waals surface area contributed by atoms with Gasteiger partial charge in [0.2, 0.25) is 0 Å². The fourth-order valence-corrected chi connectivity index (χ4v) is 2.88. The van der Waals surface area contributed by atoms with Crippen molar-refractivity contribution in [3.05, 3.63) is 59.7 Å². The summed E-state index contributed by atoms with van der Waals surface area (Å²) in [5.41, 5.74) is 1.71. The summed E-state index contributed by atoms with van der Waals surface area (Å²) < 4.78 is 11.0. The minimum absolute atomic E-state index is 0.0198. The zero-order valence-electron chi connectivity index (χ0n) is 16.3. The van der Waals surface area contributed by atoms with E-state index in [1.807, 2.05) is 6.07 Å². The fourth-order valence-electron chi connectivity index (χ4n) is 2.88. The topological polar surface area (TPSA) is 67.9 Å². The van der Waals surface area contributed by atoms with Crippen LogP contribution in [0, 0.1) is 5.92 Å². The quantitative estimate of drug-likeness (QED) is 0.831. The van der Waals surface area contributed by atoms with Gasteiger partial charge >= 0.3 is 0 Å². The van der Waals surface area contributed by atoms with Crippen LogP contribution >= 0.6 is 0 Å². The van der Waals surface area contributed by atoms with Crippen molar-refractivity contribution in [3.63, 3.8) is 0 Å². The number of hydrogen-bond acceptors (Lipinski definition) is 4. The van der Waals surface area contributed by atoms with Crippen LogP contribution in [0.5, 0.6) is 5.75 Å². The van der Waals surface area contributed by atoms with Crippen LogP contribution in [0.25, 0.3) is 0 Å². The third kappa shape index (κ3) is 5.10. The van der Waals surface area contributed by atoms with Crippen LogP contribution in [0.3, 0.4) is 0 Å². The van der Waals surface area contributed by atoms with Gasteiger partial charge in [-0.25, -0.2) is 0 Å². The number of rotatable bonds is 6. The maximum atomic E-state index is 12.7. The molecular weight excluding hydrogens is 356 g/mol. The maximum Gasteiger partial charge on any atom is 0.259 e. The molecule has 3 rings (SSSR count). The highest BCUT2D eigenvalue weighted by Gasteiger charge is 2.18. The van der Waals surface area contributed by atoms with E-state index in [1.54, 1.807) is 47.4 Å². The molecule has 1 heterocycles. The van der Waals surface area contributed by atoms with Gasteiger partial charge in [-0.05, 0) is 42.3 Å². The third-order valence-corrected chi connectivity index (χ3v) is 4.39. The van der Waals surface area contributed by atoms with Crippen LogP contribution in [0.1, 0.15) is 34.6 Å². The first kappa shape index (κ1) is 19.9. The Morgan fingerprint density at radius 1 is 1.07 bits per heavy atom. The van der Waals surface area contributed by atoms with Crippen molar-refractivity contribution in [2.45, 2.75) is 13.8 Å². The first-order chi connectivity index (χ1) is 13.5. The molecule has 0 unspecified atom stereocenters. The molecule has 1 saturated heterocycles. The van der Waals surface area contributed by atoms with Gasteiger partial charge < -0.3 is 19.7 Å². The Labute approximate surface area is 165 Å². The Hall–Kier alpha value is -2.86. The second-order valence-electron chi connectivity index (χ2n) is 7.14. The molecule has 1 aliphatic heterocycles. The molecular formula is C22H26N2O4. The number of ether oxygens (including phenoxy) is 2. The monoisotopic (exact) mass is 382 g/mol. The minimum atomic E-state index is -0.244. The SMILES string of the molecule is CC(C)COc1ccccc1C(=O)Nc1ccc(C(=O)N2CCOCC2)cc1. The Bertz CT molecular complexity index is 812. The van der Waals surface area contributed by atoms with E-state index in [0.29, 0.717) is 61.4 Å². The molecule has 2 aromatic rings. The van der Waals surface area contributed by atoms with Gasteiger partial charge in [0, 0.05) is 24.3 Å². The summed E-state index contributed by atoms with van der Waals surface area (Å²) in [5.74, 6) is 0.667. The number of amides is 2. The van der Waals surface area contributed by atoms with Crippen molar-refractivity contribution in [1.82, 2.24) is 4.90 Å². The van der Waals surface area contributed by atoms with Crippen molar-refractivity contribution in [2.24, 2.45) is 5.92 Å². The second kappa shape index (κ2) is 9.37. The van der Waals surface area contributed by atoms with Gasteiger partial charge in [-0.2, -0.15) is 0 Å². The molecule has 0 aromatic heterocycles. The molecule has 1 fully saturated rings. The lowest BCUT2D eigenvalue weighted by molar-refractivity contribution is 0.0303. The van der Waals surface area contributed by atoms with Crippen LogP contribution in [-0.2, 0) is 4.74 Å². The van der Waals surface area contributed by atoms with Crippen molar-refractivity contribution >= 4 is 17.5 Å². The van der Waals surface area contributed by atoms with E-state index < -0.39 is 0 Å². The van der Waals surface area contributed by atoms with Crippen LogP contribution < -0.4 is 10.1 Å². The molecule has 0 spiro atoms. The van der Waals surface area contributed by atoms with Gasteiger partial charge in [0.1, 0.15) is 5.75 Å². The van der Waals surface area contributed by atoms with Gasteiger partial charge in [-0.3, -0.25) is 9.59 Å². The smallest absolute Gasteiger partial charge is 0.259 e. The number of benzene rings is 2. The largest absolute Gasteiger partial charge is 0.492 e. The second-order valence-corrected chi connectivity index (χ2v) is 7.14. The van der Waals surface area contributed by atoms with Crippen molar-refractivity contribution < 1.29 is 19.1 Å². The lowest BCUT2D eigenvalue weighted by Gasteiger charge is -2.26. The molecule has 0 bridgehead atoms. The standard InChI is InChI=1S/C22H26N2O4/c1-16(2)15-28-20-6-4-3-5-19(20)21(25)23-18-9-7-17(8-10-18)22(26)24-11-13-27-14-12-24/h3-10,16H,11-15H2,1-2H3,(H,23,25). The molecule has 1 aliphatic rings. The van der Waals surface area contributed by atoms with Crippen LogP contribution in [0.4, 0.5) is 5.69 Å². The highest BCUT2D eigenvalue weighted by Crippen LogP contribution is 2.21. The number of para-hydroxylation sites is 1. The fraction of sp³-hybridized carbons (Fsp3) is 0.364. The molecule has 6 nitrogen and oxygen atoms in total. The predicted octanol–water partition coefficient (Wildman–Crippen LogP) is 3.45. The van der Waals surface area contributed by atoms with Gasteiger partial charge in [-0.1, -0.05) is 26.0 Å². The first-order valence-electron chi connectivity index (χ1n) is 9.55. The summed E-state index contributed by atoms with van der Waals surface area (Å²) in [5, 5.41) is 2.87. The molecule has 0 atom stereocenters. The van der Waals surface area contributed by atoms with E-state index in [2.05, 4.69) is 19.2 Å². The number of morpholine rings is 1. The van der Waals surface area contributed by atoms with E-state index in [1.165, 1.54) is 0 Å². The van der Waals surface area contributed by atoms with Crippen molar-refractivity contribution in [2.75, 3.05) is 38.2 Å². The van der Waals surface area contributed by atoms with E-state index in [-0.39, 0.29) is 11.8 Å². The first-order valence-corrected chi connectivity index (χ1v) is 9.55. The third-order valence-electron chi connectivity index (χ3n) is 4.39. The van der Waals surface area contributed by atoms with E-state index in [4.69, 9.17) is 9.47 Å².